The summed E-state index contributed by atoms with van der Waals surface area (Å²) in [5.74, 6) is 0.761. The van der Waals surface area contributed by atoms with Gasteiger partial charge in [0.15, 0.2) is 6.10 Å². The number of hydrogen-bond donors (Lipinski definition) is 2. The van der Waals surface area contributed by atoms with E-state index in [9.17, 15) is 13.2 Å². The van der Waals surface area contributed by atoms with Crippen molar-refractivity contribution in [2.75, 3.05) is 17.1 Å². The topological polar surface area (TPSA) is 93.7 Å². The second-order valence-corrected chi connectivity index (χ2v) is 8.42. The minimum Gasteiger partial charge on any atom is -0.495 e. The summed E-state index contributed by atoms with van der Waals surface area (Å²) >= 11 is 0. The van der Waals surface area contributed by atoms with Gasteiger partial charge in [-0.3, -0.25) is 9.52 Å². The number of methoxy groups -OCH3 is 1. The van der Waals surface area contributed by atoms with Crippen LogP contribution in [0.25, 0.3) is 0 Å². The first kappa shape index (κ1) is 19.8. The van der Waals surface area contributed by atoms with Crippen molar-refractivity contribution in [3.8, 4) is 11.5 Å². The molecule has 0 radical (unpaired) electrons. The monoisotopic (exact) mass is 424 g/mol. The molecule has 0 saturated heterocycles. The van der Waals surface area contributed by atoms with Crippen molar-refractivity contribution >= 4 is 27.3 Å². The number of benzene rings is 3. The van der Waals surface area contributed by atoms with E-state index in [2.05, 4.69) is 10.0 Å². The van der Waals surface area contributed by atoms with Gasteiger partial charge in [-0.05, 0) is 42.0 Å². The lowest BCUT2D eigenvalue weighted by Gasteiger charge is -2.14. The Kier molecular flexibility index (Phi) is 5.33. The molecule has 1 heterocycles. The summed E-state index contributed by atoms with van der Waals surface area (Å²) in [6.45, 7) is 0. The lowest BCUT2D eigenvalue weighted by molar-refractivity contribution is -0.122. The molecule has 0 aliphatic carbocycles. The molecule has 0 unspecified atom stereocenters. The van der Waals surface area contributed by atoms with Crippen molar-refractivity contribution in [1.82, 2.24) is 0 Å². The normalized spacial score (nSPS) is 15.0. The SMILES string of the molecule is COc1ccccc1NS(=O)(=O)c1cccc(NC(=O)[C@H]2Cc3ccccc3O2)c1. The first-order valence-electron chi connectivity index (χ1n) is 9.27. The third kappa shape index (κ3) is 4.08. The Hall–Kier alpha value is -3.52. The van der Waals surface area contributed by atoms with Gasteiger partial charge in [0.1, 0.15) is 11.5 Å². The van der Waals surface area contributed by atoms with Gasteiger partial charge in [0.05, 0.1) is 17.7 Å². The predicted octanol–water partition coefficient (Wildman–Crippen LogP) is 3.44. The molecule has 30 heavy (non-hydrogen) atoms. The highest BCUT2D eigenvalue weighted by Crippen LogP contribution is 2.29. The zero-order valence-corrected chi connectivity index (χ0v) is 17.0. The van der Waals surface area contributed by atoms with Crippen molar-refractivity contribution in [2.24, 2.45) is 0 Å². The zero-order valence-electron chi connectivity index (χ0n) is 16.2. The Morgan fingerprint density at radius 1 is 1.03 bits per heavy atom. The Balaban J connectivity index is 1.49. The summed E-state index contributed by atoms with van der Waals surface area (Å²) in [6.07, 6.45) is -0.190. The van der Waals surface area contributed by atoms with Crippen molar-refractivity contribution in [1.29, 1.82) is 0 Å². The van der Waals surface area contributed by atoms with E-state index in [-0.39, 0.29) is 10.8 Å². The van der Waals surface area contributed by atoms with Crippen LogP contribution in [0, 0.1) is 0 Å². The Labute approximate surface area is 174 Å². The molecule has 7 nitrogen and oxygen atoms in total. The maximum atomic E-state index is 12.8. The van der Waals surface area contributed by atoms with Gasteiger partial charge < -0.3 is 14.8 Å². The van der Waals surface area contributed by atoms with E-state index in [0.29, 0.717) is 29.3 Å². The van der Waals surface area contributed by atoms with Crippen LogP contribution in [-0.2, 0) is 21.2 Å². The fourth-order valence-electron chi connectivity index (χ4n) is 3.22. The van der Waals surface area contributed by atoms with E-state index in [1.807, 2.05) is 24.3 Å². The van der Waals surface area contributed by atoms with Crippen LogP contribution in [0.5, 0.6) is 11.5 Å². The fourth-order valence-corrected chi connectivity index (χ4v) is 4.34. The smallest absolute Gasteiger partial charge is 0.265 e. The number of hydrogen-bond acceptors (Lipinski definition) is 5. The van der Waals surface area contributed by atoms with Crippen LogP contribution < -0.4 is 19.5 Å². The van der Waals surface area contributed by atoms with E-state index in [0.717, 1.165) is 5.56 Å². The molecule has 154 valence electrons. The number of amides is 1. The minimum absolute atomic E-state index is 0.0156. The van der Waals surface area contributed by atoms with E-state index >= 15 is 0 Å². The summed E-state index contributed by atoms with van der Waals surface area (Å²) in [6, 6.07) is 20.2. The van der Waals surface area contributed by atoms with Gasteiger partial charge in [0, 0.05) is 12.1 Å². The van der Waals surface area contributed by atoms with Gasteiger partial charge >= 0.3 is 0 Å². The molecule has 1 amide bonds. The largest absolute Gasteiger partial charge is 0.495 e. The van der Waals surface area contributed by atoms with Crippen molar-refractivity contribution in [2.45, 2.75) is 17.4 Å². The average Bonchev–Trinajstić information content (AvgIpc) is 3.19. The average molecular weight is 424 g/mol. The molecule has 0 spiro atoms. The van der Waals surface area contributed by atoms with Crippen LogP contribution >= 0.6 is 0 Å². The first-order valence-corrected chi connectivity index (χ1v) is 10.8. The number of fused-ring (bicyclic) bond motifs is 1. The van der Waals surface area contributed by atoms with Crippen LogP contribution in [0.3, 0.4) is 0 Å². The summed E-state index contributed by atoms with van der Waals surface area (Å²) in [4.78, 5) is 12.6. The zero-order chi connectivity index (χ0) is 21.1. The number of sulfonamides is 1. The van der Waals surface area contributed by atoms with E-state index in [1.165, 1.54) is 19.2 Å². The quantitative estimate of drug-likeness (QED) is 0.632. The molecule has 3 aromatic carbocycles. The third-order valence-corrected chi connectivity index (χ3v) is 6.07. The second kappa shape index (κ2) is 8.08. The van der Waals surface area contributed by atoms with Crippen LogP contribution in [0.4, 0.5) is 11.4 Å². The summed E-state index contributed by atoms with van der Waals surface area (Å²) < 4.78 is 39.0. The van der Waals surface area contributed by atoms with Gasteiger partial charge in [-0.25, -0.2) is 8.42 Å². The molecule has 8 heteroatoms. The van der Waals surface area contributed by atoms with Crippen LogP contribution in [0.2, 0.25) is 0 Å². The Morgan fingerprint density at radius 2 is 1.80 bits per heavy atom. The molecule has 1 aliphatic heterocycles. The highest BCUT2D eigenvalue weighted by Gasteiger charge is 2.29. The van der Waals surface area contributed by atoms with Gasteiger partial charge in [0.25, 0.3) is 15.9 Å². The number of carbonyl (C=O) groups is 1. The number of nitrogens with one attached hydrogen (secondary N) is 2. The van der Waals surface area contributed by atoms with Gasteiger partial charge in [-0.2, -0.15) is 0 Å². The molecule has 3 aromatic rings. The molecule has 0 aromatic heterocycles. The van der Waals surface area contributed by atoms with Gasteiger partial charge in [-0.1, -0.05) is 36.4 Å². The Morgan fingerprint density at radius 3 is 2.60 bits per heavy atom. The summed E-state index contributed by atoms with van der Waals surface area (Å²) in [5, 5.41) is 2.74. The number of ether oxygens (including phenoxy) is 2. The highest BCUT2D eigenvalue weighted by atomic mass is 32.2. The molecule has 2 N–H and O–H groups in total. The number of carbonyl (C=O) groups excluding carboxylic acids is 1. The number of anilines is 2. The lowest BCUT2D eigenvalue weighted by atomic mass is 10.1. The number of para-hydroxylation sites is 3. The highest BCUT2D eigenvalue weighted by molar-refractivity contribution is 7.92. The fraction of sp³-hybridized carbons (Fsp3) is 0.136. The minimum atomic E-state index is -3.88. The third-order valence-electron chi connectivity index (χ3n) is 4.70. The van der Waals surface area contributed by atoms with Crippen LogP contribution in [0.1, 0.15) is 5.56 Å². The van der Waals surface area contributed by atoms with Crippen molar-refractivity contribution in [3.63, 3.8) is 0 Å². The molecular formula is C22H20N2O5S. The van der Waals surface area contributed by atoms with Crippen molar-refractivity contribution in [3.05, 3.63) is 78.4 Å². The Bertz CT molecular complexity index is 1170. The standard InChI is InChI=1S/C22H20N2O5S/c1-28-20-12-5-3-10-18(20)24-30(26,27)17-9-6-8-16(14-17)23-22(25)21-13-15-7-2-4-11-19(15)29-21/h2-12,14,21,24H,13H2,1H3,(H,23,25)/t21-/m1/s1. The predicted molar refractivity (Wildman–Crippen MR) is 113 cm³/mol. The number of rotatable bonds is 6. The van der Waals surface area contributed by atoms with Gasteiger partial charge in [0.2, 0.25) is 0 Å². The molecule has 1 aliphatic rings. The molecule has 0 saturated carbocycles. The maximum absolute atomic E-state index is 12.8. The van der Waals surface area contributed by atoms with Crippen LogP contribution in [0.15, 0.2) is 77.7 Å². The van der Waals surface area contributed by atoms with Gasteiger partial charge in [-0.15, -0.1) is 0 Å². The maximum Gasteiger partial charge on any atom is 0.265 e. The first-order chi connectivity index (χ1) is 14.5. The molecule has 0 bridgehead atoms. The summed E-state index contributed by atoms with van der Waals surface area (Å²) in [5.41, 5.74) is 1.66. The molecule has 0 fully saturated rings. The van der Waals surface area contributed by atoms with E-state index in [1.54, 1.807) is 36.4 Å². The molecular weight excluding hydrogens is 404 g/mol. The van der Waals surface area contributed by atoms with E-state index in [4.69, 9.17) is 9.47 Å². The van der Waals surface area contributed by atoms with E-state index < -0.39 is 16.1 Å². The molecule has 1 atom stereocenters. The lowest BCUT2D eigenvalue weighted by Crippen LogP contribution is -2.31. The molecule has 4 rings (SSSR count). The van der Waals surface area contributed by atoms with Crippen LogP contribution in [-0.4, -0.2) is 27.5 Å². The van der Waals surface area contributed by atoms with Crippen molar-refractivity contribution < 1.29 is 22.7 Å². The summed E-state index contributed by atoms with van der Waals surface area (Å²) in [7, 11) is -2.41. The second-order valence-electron chi connectivity index (χ2n) is 6.74.